The summed E-state index contributed by atoms with van der Waals surface area (Å²) < 4.78 is 5.20. The first-order valence-corrected chi connectivity index (χ1v) is 6.74. The lowest BCUT2D eigenvalue weighted by molar-refractivity contribution is -0.384. The van der Waals surface area contributed by atoms with Crippen molar-refractivity contribution >= 4 is 17.9 Å². The third-order valence-corrected chi connectivity index (χ3v) is 2.82. The molecule has 0 heterocycles. The first-order chi connectivity index (χ1) is 11.0. The van der Waals surface area contributed by atoms with Crippen molar-refractivity contribution in [3.63, 3.8) is 0 Å². The van der Waals surface area contributed by atoms with Gasteiger partial charge in [0, 0.05) is 26.2 Å². The van der Waals surface area contributed by atoms with Crippen molar-refractivity contribution in [3.05, 3.63) is 69.8 Å². The van der Waals surface area contributed by atoms with Gasteiger partial charge in [0.15, 0.2) is 0 Å². The van der Waals surface area contributed by atoms with E-state index < -0.39 is 10.9 Å². The van der Waals surface area contributed by atoms with Crippen LogP contribution in [0.3, 0.4) is 0 Å². The molecule has 118 valence electrons. The number of nitro groups is 1. The number of nitrogens with zero attached hydrogens (tertiary/aromatic N) is 3. The summed E-state index contributed by atoms with van der Waals surface area (Å²) in [6.07, 6.45) is 1.67. The van der Waals surface area contributed by atoms with Gasteiger partial charge in [-0.2, -0.15) is 5.10 Å². The molecular formula is C16H15N3O4. The maximum atomic E-state index is 12.0. The molecule has 0 aromatic heterocycles. The van der Waals surface area contributed by atoms with Crippen molar-refractivity contribution in [2.45, 2.75) is 0 Å². The van der Waals surface area contributed by atoms with Gasteiger partial charge >= 0.3 is 5.97 Å². The lowest BCUT2D eigenvalue weighted by atomic mass is 10.2. The molecule has 23 heavy (non-hydrogen) atoms. The van der Waals surface area contributed by atoms with E-state index in [0.29, 0.717) is 5.75 Å². The van der Waals surface area contributed by atoms with Crippen LogP contribution in [0.2, 0.25) is 0 Å². The average molecular weight is 313 g/mol. The van der Waals surface area contributed by atoms with E-state index in [-0.39, 0.29) is 11.3 Å². The Morgan fingerprint density at radius 1 is 1.22 bits per heavy atom. The van der Waals surface area contributed by atoms with Crippen molar-refractivity contribution in [1.29, 1.82) is 0 Å². The minimum absolute atomic E-state index is 0.123. The van der Waals surface area contributed by atoms with Crippen molar-refractivity contribution in [1.82, 2.24) is 5.01 Å². The van der Waals surface area contributed by atoms with E-state index in [4.69, 9.17) is 4.74 Å². The fourth-order valence-electron chi connectivity index (χ4n) is 1.72. The van der Waals surface area contributed by atoms with Crippen LogP contribution in [0.15, 0.2) is 53.6 Å². The number of hydrogen-bond acceptors (Lipinski definition) is 6. The maximum absolute atomic E-state index is 12.0. The van der Waals surface area contributed by atoms with Gasteiger partial charge in [0.2, 0.25) is 0 Å². The number of carbonyl (C=O) groups excluding carboxylic acids is 1. The topological polar surface area (TPSA) is 85.0 Å². The number of ether oxygens (including phenoxy) is 1. The van der Waals surface area contributed by atoms with Gasteiger partial charge in [-0.25, -0.2) is 4.79 Å². The van der Waals surface area contributed by atoms with E-state index in [1.54, 1.807) is 35.5 Å². The van der Waals surface area contributed by atoms with Gasteiger partial charge in [0.25, 0.3) is 5.69 Å². The minimum atomic E-state index is -0.650. The summed E-state index contributed by atoms with van der Waals surface area (Å²) in [6, 6.07) is 12.2. The molecule has 0 spiro atoms. The zero-order valence-electron chi connectivity index (χ0n) is 12.7. The van der Waals surface area contributed by atoms with Crippen molar-refractivity contribution in [2.24, 2.45) is 5.10 Å². The van der Waals surface area contributed by atoms with Crippen molar-refractivity contribution in [3.8, 4) is 5.75 Å². The predicted octanol–water partition coefficient (Wildman–Crippen LogP) is 2.71. The summed E-state index contributed by atoms with van der Waals surface area (Å²) >= 11 is 0. The Kier molecular flexibility index (Phi) is 5.03. The smallest absolute Gasteiger partial charge is 0.343 e. The number of non-ortho nitro benzene ring substituents is 1. The molecule has 0 bridgehead atoms. The zero-order chi connectivity index (χ0) is 16.8. The molecule has 7 heteroatoms. The predicted molar refractivity (Wildman–Crippen MR) is 85.8 cm³/mol. The standard InChI is InChI=1S/C16H15N3O4/c1-18(2)17-11-12-6-8-15(9-7-12)23-16(20)13-4-3-5-14(10-13)19(21)22/h3-11H,1-2H3/b17-11+. The summed E-state index contributed by atoms with van der Waals surface area (Å²) in [5.41, 5.74) is 0.820. The normalized spacial score (nSPS) is 10.5. The molecular weight excluding hydrogens is 298 g/mol. The van der Waals surface area contributed by atoms with Gasteiger partial charge in [0.1, 0.15) is 5.75 Å². The highest BCUT2D eigenvalue weighted by atomic mass is 16.6. The first kappa shape index (κ1) is 16.2. The van der Waals surface area contributed by atoms with Crippen LogP contribution < -0.4 is 4.74 Å². The second kappa shape index (κ2) is 7.17. The average Bonchev–Trinajstić information content (AvgIpc) is 2.54. The first-order valence-electron chi connectivity index (χ1n) is 6.74. The second-order valence-electron chi connectivity index (χ2n) is 4.86. The van der Waals surface area contributed by atoms with E-state index in [0.717, 1.165) is 5.56 Å². The highest BCUT2D eigenvalue weighted by Crippen LogP contribution is 2.17. The van der Waals surface area contributed by atoms with Gasteiger partial charge < -0.3 is 9.75 Å². The molecule has 0 fully saturated rings. The van der Waals surface area contributed by atoms with Gasteiger partial charge in [-0.1, -0.05) is 6.07 Å². The van der Waals surface area contributed by atoms with Crippen LogP contribution in [0.4, 0.5) is 5.69 Å². The lowest BCUT2D eigenvalue weighted by Gasteiger charge is -2.05. The van der Waals surface area contributed by atoms with E-state index in [1.807, 2.05) is 14.1 Å². The second-order valence-corrected chi connectivity index (χ2v) is 4.86. The van der Waals surface area contributed by atoms with E-state index in [9.17, 15) is 14.9 Å². The molecule has 0 aliphatic rings. The van der Waals surface area contributed by atoms with Crippen LogP contribution in [0.25, 0.3) is 0 Å². The number of benzene rings is 2. The summed E-state index contributed by atoms with van der Waals surface area (Å²) in [4.78, 5) is 22.2. The molecule has 0 saturated heterocycles. The Balaban J connectivity index is 2.08. The van der Waals surface area contributed by atoms with Crippen LogP contribution in [-0.2, 0) is 0 Å². The number of hydrogen-bond donors (Lipinski definition) is 0. The largest absolute Gasteiger partial charge is 0.423 e. The van der Waals surface area contributed by atoms with E-state index in [2.05, 4.69) is 5.10 Å². The molecule has 7 nitrogen and oxygen atoms in total. The fraction of sp³-hybridized carbons (Fsp3) is 0.125. The van der Waals surface area contributed by atoms with Gasteiger partial charge in [-0.05, 0) is 35.9 Å². The van der Waals surface area contributed by atoms with Crippen molar-refractivity contribution in [2.75, 3.05) is 14.1 Å². The molecule has 2 aromatic rings. The Hall–Kier alpha value is -3.22. The van der Waals surface area contributed by atoms with Crippen LogP contribution in [0, 0.1) is 10.1 Å². The molecule has 0 atom stereocenters. The lowest BCUT2D eigenvalue weighted by Crippen LogP contribution is -2.08. The summed E-state index contributed by atoms with van der Waals surface area (Å²) in [6.45, 7) is 0. The molecule has 0 radical (unpaired) electrons. The molecule has 0 aliphatic carbocycles. The summed E-state index contributed by atoms with van der Waals surface area (Å²) in [5.74, 6) is -0.299. The van der Waals surface area contributed by atoms with E-state index in [1.165, 1.54) is 24.3 Å². The number of esters is 1. The Morgan fingerprint density at radius 2 is 1.91 bits per heavy atom. The molecule has 2 aromatic carbocycles. The summed E-state index contributed by atoms with van der Waals surface area (Å²) in [5, 5.41) is 16.5. The quantitative estimate of drug-likeness (QED) is 0.278. The third kappa shape index (κ3) is 4.63. The third-order valence-electron chi connectivity index (χ3n) is 2.82. The molecule has 0 amide bonds. The number of hydrazone groups is 1. The Labute approximate surface area is 133 Å². The van der Waals surface area contributed by atoms with Crippen LogP contribution >= 0.6 is 0 Å². The number of rotatable bonds is 5. The minimum Gasteiger partial charge on any atom is -0.423 e. The highest BCUT2D eigenvalue weighted by molar-refractivity contribution is 5.91. The zero-order valence-corrected chi connectivity index (χ0v) is 12.7. The van der Waals surface area contributed by atoms with Gasteiger partial charge in [0.05, 0.1) is 16.7 Å². The number of carbonyl (C=O) groups is 1. The molecule has 0 aliphatic heterocycles. The van der Waals surface area contributed by atoms with E-state index >= 15 is 0 Å². The molecule has 0 N–H and O–H groups in total. The van der Waals surface area contributed by atoms with Crippen LogP contribution in [0.1, 0.15) is 15.9 Å². The molecule has 2 rings (SSSR count). The highest BCUT2D eigenvalue weighted by Gasteiger charge is 2.13. The van der Waals surface area contributed by atoms with Gasteiger partial charge in [-0.15, -0.1) is 0 Å². The summed E-state index contributed by atoms with van der Waals surface area (Å²) in [7, 11) is 3.62. The Morgan fingerprint density at radius 3 is 2.52 bits per heavy atom. The Bertz CT molecular complexity index is 739. The van der Waals surface area contributed by atoms with Gasteiger partial charge in [-0.3, -0.25) is 10.1 Å². The van der Waals surface area contributed by atoms with Crippen LogP contribution in [0.5, 0.6) is 5.75 Å². The van der Waals surface area contributed by atoms with Crippen molar-refractivity contribution < 1.29 is 14.5 Å². The maximum Gasteiger partial charge on any atom is 0.343 e. The SMILES string of the molecule is CN(C)/N=C/c1ccc(OC(=O)c2cccc([N+](=O)[O-])c2)cc1. The van der Waals surface area contributed by atoms with Crippen LogP contribution in [-0.4, -0.2) is 36.2 Å². The number of nitro benzene ring substituents is 1. The fourth-order valence-corrected chi connectivity index (χ4v) is 1.72. The molecule has 0 saturated carbocycles. The molecule has 0 unspecified atom stereocenters. The monoisotopic (exact) mass is 313 g/mol.